The SMILES string of the molecule is CCOC(=CC=Cc1sc2ccccc2[n+]1CC)C=C1Sc2ccccc2N1C. The molecule has 0 spiro atoms. The molecule has 5 heteroatoms. The van der Waals surface area contributed by atoms with Crippen molar-refractivity contribution in [2.45, 2.75) is 25.3 Å². The van der Waals surface area contributed by atoms with Crippen LogP contribution in [0.2, 0.25) is 0 Å². The summed E-state index contributed by atoms with van der Waals surface area (Å²) < 4.78 is 9.55. The van der Waals surface area contributed by atoms with Crippen molar-refractivity contribution >= 4 is 45.1 Å². The maximum Gasteiger partial charge on any atom is 0.262 e. The number of ether oxygens (including phenoxy) is 1. The lowest BCUT2D eigenvalue weighted by Gasteiger charge is -2.14. The Kier molecular flexibility index (Phi) is 6.07. The Bertz CT molecular complexity index is 1110. The van der Waals surface area contributed by atoms with Crippen LogP contribution >= 0.6 is 23.1 Å². The second-order valence-corrected chi connectivity index (χ2v) is 8.75. The number of hydrogen-bond donors (Lipinski definition) is 0. The van der Waals surface area contributed by atoms with E-state index >= 15 is 0 Å². The van der Waals surface area contributed by atoms with Crippen LogP contribution in [0.3, 0.4) is 0 Å². The topological polar surface area (TPSA) is 16.4 Å². The van der Waals surface area contributed by atoms with Gasteiger partial charge in [-0.15, -0.1) is 0 Å². The number of thioether (sulfide) groups is 1. The Morgan fingerprint density at radius 1 is 1.10 bits per heavy atom. The Hall–Kier alpha value is -2.50. The van der Waals surface area contributed by atoms with Gasteiger partial charge in [-0.2, -0.15) is 4.57 Å². The van der Waals surface area contributed by atoms with E-state index in [-0.39, 0.29) is 0 Å². The molecule has 1 aliphatic rings. The van der Waals surface area contributed by atoms with Crippen LogP contribution < -0.4 is 9.47 Å². The molecule has 0 saturated carbocycles. The quantitative estimate of drug-likeness (QED) is 0.267. The maximum atomic E-state index is 5.89. The average molecular weight is 422 g/mol. The zero-order chi connectivity index (χ0) is 20.2. The van der Waals surface area contributed by atoms with Crippen LogP contribution in [-0.4, -0.2) is 13.7 Å². The van der Waals surface area contributed by atoms with Crippen molar-refractivity contribution in [2.75, 3.05) is 18.6 Å². The molecule has 0 radical (unpaired) electrons. The minimum atomic E-state index is 0.641. The molecule has 0 aliphatic carbocycles. The molecular weight excluding hydrogens is 396 g/mol. The van der Waals surface area contributed by atoms with E-state index in [9.17, 15) is 0 Å². The van der Waals surface area contributed by atoms with Crippen molar-refractivity contribution in [3.63, 3.8) is 0 Å². The fraction of sp³-hybridized carbons (Fsp3) is 0.208. The summed E-state index contributed by atoms with van der Waals surface area (Å²) in [5.41, 5.74) is 2.53. The number of hydrogen-bond acceptors (Lipinski definition) is 4. The molecule has 0 unspecified atom stereocenters. The molecule has 148 valence electrons. The molecule has 0 bridgehead atoms. The first kappa shape index (κ1) is 19.8. The fourth-order valence-corrected chi connectivity index (χ4v) is 5.63. The molecule has 3 aromatic rings. The molecule has 4 rings (SSSR count). The molecule has 0 atom stereocenters. The summed E-state index contributed by atoms with van der Waals surface area (Å²) in [5.74, 6) is 0.870. The maximum absolute atomic E-state index is 5.89. The molecule has 0 fully saturated rings. The number of thiazole rings is 1. The second-order valence-electron chi connectivity index (χ2n) is 6.62. The summed E-state index contributed by atoms with van der Waals surface area (Å²) in [7, 11) is 2.10. The number of aromatic nitrogens is 1. The zero-order valence-electron chi connectivity index (χ0n) is 17.0. The van der Waals surface area contributed by atoms with Crippen LogP contribution in [0, 0.1) is 0 Å². The Labute approximate surface area is 180 Å². The van der Waals surface area contributed by atoms with Crippen molar-refractivity contribution in [1.29, 1.82) is 0 Å². The highest BCUT2D eigenvalue weighted by Gasteiger charge is 2.21. The van der Waals surface area contributed by atoms with E-state index in [2.05, 4.69) is 96.3 Å². The lowest BCUT2D eigenvalue weighted by Crippen LogP contribution is -2.33. The zero-order valence-corrected chi connectivity index (χ0v) is 18.6. The third-order valence-corrected chi connectivity index (χ3v) is 7.10. The summed E-state index contributed by atoms with van der Waals surface area (Å²) in [4.78, 5) is 3.50. The van der Waals surface area contributed by atoms with Crippen LogP contribution in [0.25, 0.3) is 16.3 Å². The summed E-state index contributed by atoms with van der Waals surface area (Å²) in [6.07, 6.45) is 8.44. The van der Waals surface area contributed by atoms with Gasteiger partial charge >= 0.3 is 0 Å². The molecule has 2 heterocycles. The van der Waals surface area contributed by atoms with Gasteiger partial charge in [0.15, 0.2) is 0 Å². The normalized spacial score (nSPS) is 15.6. The lowest BCUT2D eigenvalue weighted by atomic mass is 10.3. The standard InChI is InChI=1S/C24H25N2OS2/c1-4-26-20-13-7-9-15-22(20)28-23(26)16-10-11-18(27-5-2)17-24-25(3)19-12-6-8-14-21(19)29-24/h6-17H,4-5H2,1-3H3/q+1. The van der Waals surface area contributed by atoms with Crippen molar-refractivity contribution in [1.82, 2.24) is 0 Å². The van der Waals surface area contributed by atoms with Crippen LogP contribution in [0.4, 0.5) is 5.69 Å². The van der Waals surface area contributed by atoms with Crippen molar-refractivity contribution < 1.29 is 9.30 Å². The number of rotatable bonds is 6. The van der Waals surface area contributed by atoms with E-state index in [4.69, 9.17) is 4.74 Å². The first-order valence-corrected chi connectivity index (χ1v) is 11.5. The molecule has 0 amide bonds. The Balaban J connectivity index is 1.60. The van der Waals surface area contributed by atoms with Gasteiger partial charge in [0, 0.05) is 30.2 Å². The molecule has 0 saturated heterocycles. The lowest BCUT2D eigenvalue weighted by molar-refractivity contribution is -0.665. The predicted molar refractivity (Wildman–Crippen MR) is 125 cm³/mol. The smallest absolute Gasteiger partial charge is 0.262 e. The molecule has 3 nitrogen and oxygen atoms in total. The Morgan fingerprint density at radius 3 is 2.69 bits per heavy atom. The van der Waals surface area contributed by atoms with Gasteiger partial charge in [0.1, 0.15) is 17.0 Å². The first-order chi connectivity index (χ1) is 14.2. The highest BCUT2D eigenvalue weighted by Crippen LogP contribution is 2.45. The molecule has 1 aliphatic heterocycles. The summed E-state index contributed by atoms with van der Waals surface area (Å²) in [6, 6.07) is 17.0. The minimum Gasteiger partial charge on any atom is -0.494 e. The summed E-state index contributed by atoms with van der Waals surface area (Å²) in [6.45, 7) is 5.80. The van der Waals surface area contributed by atoms with Crippen LogP contribution in [0.5, 0.6) is 0 Å². The van der Waals surface area contributed by atoms with Gasteiger partial charge in [-0.25, -0.2) is 0 Å². The van der Waals surface area contributed by atoms with Gasteiger partial charge in [0.25, 0.3) is 5.01 Å². The van der Waals surface area contributed by atoms with Crippen LogP contribution in [-0.2, 0) is 11.3 Å². The van der Waals surface area contributed by atoms with Gasteiger partial charge < -0.3 is 9.64 Å². The van der Waals surface area contributed by atoms with Crippen LogP contribution in [0.1, 0.15) is 18.9 Å². The Morgan fingerprint density at radius 2 is 1.90 bits per heavy atom. The van der Waals surface area contributed by atoms with E-state index in [1.807, 2.05) is 18.3 Å². The number of fused-ring (bicyclic) bond motifs is 2. The van der Waals surface area contributed by atoms with E-state index in [1.54, 1.807) is 11.8 Å². The third-order valence-electron chi connectivity index (χ3n) is 4.80. The van der Waals surface area contributed by atoms with Crippen LogP contribution in [0.15, 0.2) is 82.4 Å². The van der Waals surface area contributed by atoms with Gasteiger partial charge in [0.05, 0.1) is 17.3 Å². The minimum absolute atomic E-state index is 0.641. The summed E-state index contributed by atoms with van der Waals surface area (Å²) >= 11 is 3.59. The van der Waals surface area contributed by atoms with Gasteiger partial charge in [-0.05, 0) is 38.1 Å². The van der Waals surface area contributed by atoms with E-state index in [0.29, 0.717) is 6.61 Å². The molecule has 0 N–H and O–H groups in total. The number of aryl methyl sites for hydroxylation is 1. The van der Waals surface area contributed by atoms with E-state index < -0.39 is 0 Å². The van der Waals surface area contributed by atoms with Crippen molar-refractivity contribution in [3.05, 3.63) is 82.6 Å². The highest BCUT2D eigenvalue weighted by atomic mass is 32.2. The number of nitrogens with zero attached hydrogens (tertiary/aromatic N) is 2. The first-order valence-electron chi connectivity index (χ1n) is 9.86. The number of allylic oxidation sites excluding steroid dienone is 3. The molecular formula is C24H25N2OS2+. The predicted octanol–water partition coefficient (Wildman–Crippen LogP) is 6.23. The molecule has 1 aromatic heterocycles. The average Bonchev–Trinajstić information content (AvgIpc) is 3.25. The summed E-state index contributed by atoms with van der Waals surface area (Å²) in [5, 5.41) is 2.41. The largest absolute Gasteiger partial charge is 0.494 e. The number of para-hydroxylation sites is 2. The monoisotopic (exact) mass is 421 g/mol. The third kappa shape index (κ3) is 4.11. The molecule has 2 aromatic carbocycles. The number of benzene rings is 2. The number of anilines is 1. The van der Waals surface area contributed by atoms with Gasteiger partial charge in [0.2, 0.25) is 5.52 Å². The second kappa shape index (κ2) is 8.89. The highest BCUT2D eigenvalue weighted by molar-refractivity contribution is 8.03. The fourth-order valence-electron chi connectivity index (χ4n) is 3.40. The molecule has 29 heavy (non-hydrogen) atoms. The van der Waals surface area contributed by atoms with E-state index in [0.717, 1.165) is 12.3 Å². The van der Waals surface area contributed by atoms with E-state index in [1.165, 1.54) is 30.8 Å². The van der Waals surface area contributed by atoms with Gasteiger partial charge in [-0.1, -0.05) is 53.4 Å². The van der Waals surface area contributed by atoms with Gasteiger partial charge in [-0.3, -0.25) is 0 Å². The van der Waals surface area contributed by atoms with Crippen molar-refractivity contribution in [2.24, 2.45) is 0 Å². The van der Waals surface area contributed by atoms with Crippen molar-refractivity contribution in [3.8, 4) is 0 Å².